The summed E-state index contributed by atoms with van der Waals surface area (Å²) in [6.45, 7) is 11.1. The number of nitrogens with zero attached hydrogens (tertiary/aromatic N) is 1. The second-order valence-corrected chi connectivity index (χ2v) is 8.60. The fraction of sp³-hybridized carbons (Fsp3) is 0.609. The highest BCUT2D eigenvalue weighted by Gasteiger charge is 2.33. The predicted molar refractivity (Wildman–Crippen MR) is 109 cm³/mol. The van der Waals surface area contributed by atoms with Gasteiger partial charge in [-0.1, -0.05) is 51.8 Å². The lowest BCUT2D eigenvalue weighted by molar-refractivity contribution is -0.147. The molecule has 0 saturated carbocycles. The van der Waals surface area contributed by atoms with Crippen LogP contribution in [-0.2, 0) is 11.2 Å². The van der Waals surface area contributed by atoms with Gasteiger partial charge in [-0.05, 0) is 47.9 Å². The van der Waals surface area contributed by atoms with Crippen molar-refractivity contribution in [3.63, 3.8) is 0 Å². The van der Waals surface area contributed by atoms with E-state index in [1.165, 1.54) is 16.7 Å². The third kappa shape index (κ3) is 4.73. The molecule has 148 valence electrons. The van der Waals surface area contributed by atoms with Crippen LogP contribution in [0.3, 0.4) is 0 Å². The van der Waals surface area contributed by atoms with Gasteiger partial charge in [0.05, 0.1) is 5.92 Å². The van der Waals surface area contributed by atoms with Crippen LogP contribution < -0.4 is 4.74 Å². The standard InChI is InChI=1S/C23H33NO3/c1-5-6-22(15(2)3)27-21-8-7-17-10-19(16(4)9-18(17)11-21)12-24-13-20(14-24)23(25)26/h7-8,10-11,15-16,20,22H,5-6,9,12-14H2,1-4H3,(H,25,26)/t16-,22?/m1/s1. The predicted octanol–water partition coefficient (Wildman–Crippen LogP) is 4.48. The lowest BCUT2D eigenvalue weighted by Gasteiger charge is -2.38. The Hall–Kier alpha value is -1.81. The van der Waals surface area contributed by atoms with Gasteiger partial charge in [-0.25, -0.2) is 0 Å². The summed E-state index contributed by atoms with van der Waals surface area (Å²) in [5.41, 5.74) is 4.04. The molecule has 3 rings (SSSR count). The molecule has 1 unspecified atom stereocenters. The van der Waals surface area contributed by atoms with Crippen LogP contribution in [0.5, 0.6) is 5.75 Å². The van der Waals surface area contributed by atoms with Gasteiger partial charge in [0.2, 0.25) is 0 Å². The van der Waals surface area contributed by atoms with E-state index in [4.69, 9.17) is 9.84 Å². The fourth-order valence-electron chi connectivity index (χ4n) is 4.08. The Morgan fingerprint density at radius 3 is 2.70 bits per heavy atom. The number of benzene rings is 1. The molecule has 4 nitrogen and oxygen atoms in total. The van der Waals surface area contributed by atoms with Crippen LogP contribution in [0, 0.1) is 17.8 Å². The number of carbonyl (C=O) groups is 1. The lowest BCUT2D eigenvalue weighted by Crippen LogP contribution is -2.51. The van der Waals surface area contributed by atoms with Crippen LogP contribution >= 0.6 is 0 Å². The number of hydrogen-bond acceptors (Lipinski definition) is 3. The molecule has 0 amide bonds. The van der Waals surface area contributed by atoms with Crippen molar-refractivity contribution in [2.45, 2.75) is 53.1 Å². The molecule has 0 spiro atoms. The van der Waals surface area contributed by atoms with Gasteiger partial charge in [-0.2, -0.15) is 0 Å². The number of aliphatic carboxylic acids is 1. The monoisotopic (exact) mass is 371 g/mol. The third-order valence-corrected chi connectivity index (χ3v) is 5.93. The summed E-state index contributed by atoms with van der Waals surface area (Å²) in [6.07, 6.45) is 5.81. The zero-order valence-corrected chi connectivity index (χ0v) is 17.1. The van der Waals surface area contributed by atoms with Crippen molar-refractivity contribution in [2.24, 2.45) is 17.8 Å². The summed E-state index contributed by atoms with van der Waals surface area (Å²) in [5, 5.41) is 9.04. The van der Waals surface area contributed by atoms with Crippen LogP contribution in [0.1, 0.15) is 51.7 Å². The van der Waals surface area contributed by atoms with Crippen LogP contribution in [0.25, 0.3) is 6.08 Å². The molecule has 1 aliphatic heterocycles. The van der Waals surface area contributed by atoms with E-state index in [9.17, 15) is 4.79 Å². The molecule has 1 aromatic rings. The molecule has 2 aliphatic rings. The molecule has 27 heavy (non-hydrogen) atoms. The summed E-state index contributed by atoms with van der Waals surface area (Å²) in [4.78, 5) is 13.2. The number of ether oxygens (including phenoxy) is 1. The van der Waals surface area contributed by atoms with Gasteiger partial charge in [0.1, 0.15) is 11.9 Å². The minimum absolute atomic E-state index is 0.187. The Bertz CT molecular complexity index is 704. The van der Waals surface area contributed by atoms with Gasteiger partial charge >= 0.3 is 5.97 Å². The van der Waals surface area contributed by atoms with Gasteiger partial charge in [-0.15, -0.1) is 0 Å². The first kappa shape index (κ1) is 19.9. The van der Waals surface area contributed by atoms with E-state index in [1.807, 2.05) is 0 Å². The maximum atomic E-state index is 11.0. The van der Waals surface area contributed by atoms with Crippen molar-refractivity contribution in [2.75, 3.05) is 19.6 Å². The number of hydrogen-bond donors (Lipinski definition) is 1. The highest BCUT2D eigenvalue weighted by molar-refractivity contribution is 5.71. The van der Waals surface area contributed by atoms with E-state index in [-0.39, 0.29) is 12.0 Å². The van der Waals surface area contributed by atoms with E-state index in [2.05, 4.69) is 56.9 Å². The zero-order chi connectivity index (χ0) is 19.6. The molecular weight excluding hydrogens is 338 g/mol. The van der Waals surface area contributed by atoms with E-state index in [1.54, 1.807) is 0 Å². The SMILES string of the molecule is CCCC(Oc1ccc2c(c1)C[C@@H](C)C(CN1CC(C(=O)O)C1)=C2)C(C)C. The van der Waals surface area contributed by atoms with E-state index in [0.717, 1.165) is 31.6 Å². The van der Waals surface area contributed by atoms with Crippen LogP contribution in [0.2, 0.25) is 0 Å². The molecule has 1 fully saturated rings. The number of carboxylic acids is 1. The smallest absolute Gasteiger partial charge is 0.309 e. The molecule has 0 radical (unpaired) electrons. The largest absolute Gasteiger partial charge is 0.490 e. The molecule has 0 aromatic heterocycles. The van der Waals surface area contributed by atoms with Gasteiger partial charge in [0.15, 0.2) is 0 Å². The highest BCUT2D eigenvalue weighted by atomic mass is 16.5. The minimum Gasteiger partial charge on any atom is -0.490 e. The molecule has 0 bridgehead atoms. The molecule has 4 heteroatoms. The van der Waals surface area contributed by atoms with Crippen LogP contribution in [-0.4, -0.2) is 41.7 Å². The first-order chi connectivity index (χ1) is 12.9. The summed E-state index contributed by atoms with van der Waals surface area (Å²) in [5.74, 6) is 1.12. The first-order valence-corrected chi connectivity index (χ1v) is 10.3. The molecule has 1 saturated heterocycles. The van der Waals surface area contributed by atoms with E-state index in [0.29, 0.717) is 24.9 Å². The van der Waals surface area contributed by atoms with E-state index >= 15 is 0 Å². The van der Waals surface area contributed by atoms with Gasteiger partial charge in [-0.3, -0.25) is 9.69 Å². The van der Waals surface area contributed by atoms with Crippen molar-refractivity contribution >= 4 is 12.0 Å². The maximum absolute atomic E-state index is 11.0. The highest BCUT2D eigenvalue weighted by Crippen LogP contribution is 2.33. The second kappa shape index (κ2) is 8.47. The Labute approximate surface area is 163 Å². The molecule has 1 N–H and O–H groups in total. The van der Waals surface area contributed by atoms with Gasteiger partial charge in [0.25, 0.3) is 0 Å². The number of carboxylic acid groups (broad SMARTS) is 1. The summed E-state index contributed by atoms with van der Waals surface area (Å²) < 4.78 is 6.29. The quantitative estimate of drug-likeness (QED) is 0.732. The Morgan fingerprint density at radius 1 is 1.33 bits per heavy atom. The average molecular weight is 372 g/mol. The Kier molecular flexibility index (Phi) is 6.25. The van der Waals surface area contributed by atoms with Crippen molar-refractivity contribution < 1.29 is 14.6 Å². The van der Waals surface area contributed by atoms with Crippen LogP contribution in [0.15, 0.2) is 23.8 Å². The second-order valence-electron chi connectivity index (χ2n) is 8.60. The first-order valence-electron chi connectivity index (χ1n) is 10.3. The fourth-order valence-corrected chi connectivity index (χ4v) is 4.08. The Morgan fingerprint density at radius 2 is 2.07 bits per heavy atom. The van der Waals surface area contributed by atoms with Crippen molar-refractivity contribution in [1.82, 2.24) is 4.90 Å². The molecule has 2 atom stereocenters. The van der Waals surface area contributed by atoms with Gasteiger partial charge < -0.3 is 9.84 Å². The summed E-state index contributed by atoms with van der Waals surface area (Å²) in [6, 6.07) is 6.49. The normalized spacial score (nSPS) is 21.4. The summed E-state index contributed by atoms with van der Waals surface area (Å²) in [7, 11) is 0. The van der Waals surface area contributed by atoms with Crippen molar-refractivity contribution in [3.8, 4) is 5.75 Å². The lowest BCUT2D eigenvalue weighted by atomic mass is 9.83. The topological polar surface area (TPSA) is 49.8 Å². The van der Waals surface area contributed by atoms with Crippen LogP contribution in [0.4, 0.5) is 0 Å². The third-order valence-electron chi connectivity index (χ3n) is 5.93. The maximum Gasteiger partial charge on any atom is 0.309 e. The number of rotatable bonds is 8. The molecule has 1 aliphatic carbocycles. The number of likely N-dealkylation sites (tertiary alicyclic amines) is 1. The van der Waals surface area contributed by atoms with E-state index < -0.39 is 5.97 Å². The molecule has 1 heterocycles. The summed E-state index contributed by atoms with van der Waals surface area (Å²) >= 11 is 0. The van der Waals surface area contributed by atoms with Gasteiger partial charge in [0, 0.05) is 19.6 Å². The number of fused-ring (bicyclic) bond motifs is 1. The van der Waals surface area contributed by atoms with Crippen molar-refractivity contribution in [1.29, 1.82) is 0 Å². The minimum atomic E-state index is -0.669. The molecular formula is C23H33NO3. The average Bonchev–Trinajstić information content (AvgIpc) is 2.57. The zero-order valence-electron chi connectivity index (χ0n) is 17.1. The Balaban J connectivity index is 1.67. The molecule has 1 aromatic carbocycles. The van der Waals surface area contributed by atoms with Crippen molar-refractivity contribution in [3.05, 3.63) is 34.9 Å².